The lowest BCUT2D eigenvalue weighted by molar-refractivity contribution is -0.119. The molecule has 4 rings (SSSR count). The van der Waals surface area contributed by atoms with Gasteiger partial charge in [0.25, 0.3) is 0 Å². The van der Waals surface area contributed by atoms with Crippen LogP contribution in [0.25, 0.3) is 5.69 Å². The molecular formula is C18H21ClN6O. The number of hydrogen-bond acceptors (Lipinski definition) is 4. The van der Waals surface area contributed by atoms with Gasteiger partial charge in [-0.25, -0.2) is 4.68 Å². The molecule has 1 saturated heterocycles. The van der Waals surface area contributed by atoms with Gasteiger partial charge < -0.3 is 10.6 Å². The molecule has 1 amide bonds. The molecule has 0 unspecified atom stereocenters. The van der Waals surface area contributed by atoms with E-state index in [1.165, 1.54) is 0 Å². The summed E-state index contributed by atoms with van der Waals surface area (Å²) in [7, 11) is 1.89. The van der Waals surface area contributed by atoms with Crippen molar-refractivity contribution in [1.82, 2.24) is 24.9 Å². The topological polar surface area (TPSA) is 76.8 Å². The number of hydrogen-bond donors (Lipinski definition) is 2. The van der Waals surface area contributed by atoms with Crippen molar-refractivity contribution in [2.45, 2.75) is 5.92 Å². The van der Waals surface area contributed by atoms with Crippen LogP contribution in [-0.2, 0) is 11.8 Å². The number of carbonyl (C=O) groups is 1. The van der Waals surface area contributed by atoms with Gasteiger partial charge in [0.05, 0.1) is 17.8 Å². The molecule has 0 bridgehead atoms. The average molecular weight is 373 g/mol. The van der Waals surface area contributed by atoms with Crippen LogP contribution < -0.4 is 10.6 Å². The van der Waals surface area contributed by atoms with Crippen molar-refractivity contribution in [3.8, 4) is 5.69 Å². The number of aryl methyl sites for hydroxylation is 1. The van der Waals surface area contributed by atoms with Crippen LogP contribution in [0.1, 0.15) is 11.5 Å². The standard InChI is InChI=1S/C18H20N6O.ClH/c1-23-12-13(9-21-23)16-10-19-11-17(16)18(25)22-14-3-5-15(6-4-14)24-8-2-7-20-24;/h2-9,12,16-17,19H,10-11H2,1H3,(H,22,25);1H/t16-,17+;/m1./s1. The molecule has 26 heavy (non-hydrogen) atoms. The van der Waals surface area contributed by atoms with Crippen molar-refractivity contribution in [2.24, 2.45) is 13.0 Å². The molecule has 0 radical (unpaired) electrons. The molecule has 1 aliphatic heterocycles. The molecule has 1 aliphatic rings. The summed E-state index contributed by atoms with van der Waals surface area (Å²) in [5, 5.41) is 14.8. The number of halogens is 1. The largest absolute Gasteiger partial charge is 0.326 e. The Kier molecular flexibility index (Phi) is 5.39. The van der Waals surface area contributed by atoms with Gasteiger partial charge in [-0.05, 0) is 35.9 Å². The van der Waals surface area contributed by atoms with E-state index in [0.29, 0.717) is 6.54 Å². The molecule has 3 aromatic rings. The number of benzene rings is 1. The zero-order valence-corrected chi connectivity index (χ0v) is 15.2. The second kappa shape index (κ2) is 7.72. The van der Waals surface area contributed by atoms with Gasteiger partial charge >= 0.3 is 0 Å². The minimum atomic E-state index is -0.102. The van der Waals surface area contributed by atoms with Crippen molar-refractivity contribution in [1.29, 1.82) is 0 Å². The van der Waals surface area contributed by atoms with E-state index in [-0.39, 0.29) is 30.2 Å². The summed E-state index contributed by atoms with van der Waals surface area (Å²) < 4.78 is 3.56. The monoisotopic (exact) mass is 372 g/mol. The molecule has 2 aromatic heterocycles. The maximum atomic E-state index is 12.7. The normalized spacial score (nSPS) is 19.1. The van der Waals surface area contributed by atoms with Crippen molar-refractivity contribution in [3.05, 3.63) is 60.7 Å². The lowest BCUT2D eigenvalue weighted by atomic mass is 9.90. The Balaban J connectivity index is 0.00000196. The highest BCUT2D eigenvalue weighted by Gasteiger charge is 2.34. The summed E-state index contributed by atoms with van der Waals surface area (Å²) in [4.78, 5) is 12.7. The Morgan fingerprint density at radius 2 is 2.04 bits per heavy atom. The summed E-state index contributed by atoms with van der Waals surface area (Å²) in [6.45, 7) is 1.47. The van der Waals surface area contributed by atoms with E-state index in [1.54, 1.807) is 15.6 Å². The average Bonchev–Trinajstić information content (AvgIpc) is 3.36. The Morgan fingerprint density at radius 1 is 1.23 bits per heavy atom. The minimum Gasteiger partial charge on any atom is -0.326 e. The summed E-state index contributed by atoms with van der Waals surface area (Å²) in [5.74, 6) is 0.0812. The van der Waals surface area contributed by atoms with Crippen molar-refractivity contribution in [2.75, 3.05) is 18.4 Å². The van der Waals surface area contributed by atoms with Gasteiger partial charge in [0.15, 0.2) is 0 Å². The number of nitrogens with one attached hydrogen (secondary N) is 2. The smallest absolute Gasteiger partial charge is 0.229 e. The minimum absolute atomic E-state index is 0. The van der Waals surface area contributed by atoms with Gasteiger partial charge in [0.2, 0.25) is 5.91 Å². The van der Waals surface area contributed by atoms with Crippen LogP contribution in [0.15, 0.2) is 55.1 Å². The highest BCUT2D eigenvalue weighted by molar-refractivity contribution is 5.93. The molecule has 3 heterocycles. The molecule has 7 nitrogen and oxygen atoms in total. The number of nitrogens with zero attached hydrogens (tertiary/aromatic N) is 4. The Bertz CT molecular complexity index is 858. The highest BCUT2D eigenvalue weighted by Crippen LogP contribution is 2.29. The molecule has 2 N–H and O–H groups in total. The van der Waals surface area contributed by atoms with Crippen LogP contribution in [0.5, 0.6) is 0 Å². The Hall–Kier alpha value is -2.64. The second-order valence-corrected chi connectivity index (χ2v) is 6.31. The van der Waals surface area contributed by atoms with E-state index in [2.05, 4.69) is 20.8 Å². The van der Waals surface area contributed by atoms with E-state index >= 15 is 0 Å². The van der Waals surface area contributed by atoms with Crippen molar-refractivity contribution in [3.63, 3.8) is 0 Å². The molecule has 1 aromatic carbocycles. The molecule has 136 valence electrons. The molecule has 2 atom stereocenters. The van der Waals surface area contributed by atoms with E-state index in [9.17, 15) is 4.79 Å². The van der Waals surface area contributed by atoms with Gasteiger partial charge in [-0.1, -0.05) is 0 Å². The number of rotatable bonds is 4. The summed E-state index contributed by atoms with van der Waals surface area (Å²) >= 11 is 0. The van der Waals surface area contributed by atoms with Gasteiger partial charge in [0, 0.05) is 50.3 Å². The lowest BCUT2D eigenvalue weighted by Crippen LogP contribution is -2.28. The van der Waals surface area contributed by atoms with Gasteiger partial charge in [-0.2, -0.15) is 10.2 Å². The maximum Gasteiger partial charge on any atom is 0.229 e. The maximum absolute atomic E-state index is 12.7. The predicted octanol–water partition coefficient (Wildman–Crippen LogP) is 1.97. The predicted molar refractivity (Wildman–Crippen MR) is 102 cm³/mol. The van der Waals surface area contributed by atoms with Crippen LogP contribution >= 0.6 is 12.4 Å². The van der Waals surface area contributed by atoms with Gasteiger partial charge in [-0.15, -0.1) is 12.4 Å². The first-order valence-electron chi connectivity index (χ1n) is 8.31. The third kappa shape index (κ3) is 3.63. The highest BCUT2D eigenvalue weighted by atomic mass is 35.5. The Labute approximate surface area is 157 Å². The fraction of sp³-hybridized carbons (Fsp3) is 0.278. The molecule has 1 fully saturated rings. The first-order chi connectivity index (χ1) is 12.2. The molecule has 0 aliphatic carbocycles. The van der Waals surface area contributed by atoms with Crippen LogP contribution in [0.3, 0.4) is 0 Å². The fourth-order valence-corrected chi connectivity index (χ4v) is 3.29. The third-order valence-corrected chi connectivity index (χ3v) is 4.61. The quantitative estimate of drug-likeness (QED) is 0.734. The van der Waals surface area contributed by atoms with E-state index in [0.717, 1.165) is 23.5 Å². The lowest BCUT2D eigenvalue weighted by Gasteiger charge is -2.17. The Morgan fingerprint density at radius 3 is 2.69 bits per heavy atom. The zero-order valence-electron chi connectivity index (χ0n) is 14.4. The second-order valence-electron chi connectivity index (χ2n) is 6.31. The van der Waals surface area contributed by atoms with E-state index in [4.69, 9.17) is 0 Å². The van der Waals surface area contributed by atoms with Gasteiger partial charge in [-0.3, -0.25) is 9.48 Å². The van der Waals surface area contributed by atoms with E-state index in [1.807, 2.05) is 56.0 Å². The summed E-state index contributed by atoms with van der Waals surface area (Å²) in [6.07, 6.45) is 7.45. The van der Waals surface area contributed by atoms with Gasteiger partial charge in [0.1, 0.15) is 0 Å². The van der Waals surface area contributed by atoms with Crippen molar-refractivity contribution < 1.29 is 4.79 Å². The van der Waals surface area contributed by atoms with E-state index < -0.39 is 0 Å². The summed E-state index contributed by atoms with van der Waals surface area (Å²) in [6, 6.07) is 9.55. The molecular weight excluding hydrogens is 352 g/mol. The first-order valence-corrected chi connectivity index (χ1v) is 8.31. The van der Waals surface area contributed by atoms with Crippen LogP contribution in [0, 0.1) is 5.92 Å². The third-order valence-electron chi connectivity index (χ3n) is 4.61. The molecule has 0 saturated carbocycles. The number of aromatic nitrogens is 4. The van der Waals surface area contributed by atoms with Crippen LogP contribution in [-0.4, -0.2) is 38.6 Å². The first kappa shape index (κ1) is 18.2. The number of anilines is 1. The zero-order chi connectivity index (χ0) is 17.2. The van der Waals surface area contributed by atoms with Crippen molar-refractivity contribution >= 4 is 24.0 Å². The SMILES string of the molecule is Cl.Cn1cc([C@H]2CNC[C@@H]2C(=O)Nc2ccc(-n3cccn3)cc2)cn1. The fourth-order valence-electron chi connectivity index (χ4n) is 3.29. The summed E-state index contributed by atoms with van der Waals surface area (Å²) in [5.41, 5.74) is 2.85. The molecule has 0 spiro atoms. The number of amides is 1. The number of carbonyl (C=O) groups excluding carboxylic acids is 1. The van der Waals surface area contributed by atoms with Crippen LogP contribution in [0.4, 0.5) is 5.69 Å². The van der Waals surface area contributed by atoms with Crippen LogP contribution in [0.2, 0.25) is 0 Å². The molecule has 8 heteroatoms.